The third kappa shape index (κ3) is 3.83. The van der Waals surface area contributed by atoms with Gasteiger partial charge in [-0.15, -0.1) is 0 Å². The molecule has 5 heteroatoms. The summed E-state index contributed by atoms with van der Waals surface area (Å²) in [6.45, 7) is 1.40. The number of aromatic nitrogens is 1. The molecule has 0 bridgehead atoms. The van der Waals surface area contributed by atoms with Crippen LogP contribution in [0.3, 0.4) is 0 Å². The number of amides is 1. The predicted octanol–water partition coefficient (Wildman–Crippen LogP) is 4.09. The van der Waals surface area contributed by atoms with E-state index >= 15 is 0 Å². The van der Waals surface area contributed by atoms with Gasteiger partial charge in [0, 0.05) is 50.3 Å². The van der Waals surface area contributed by atoms with Gasteiger partial charge in [0.1, 0.15) is 5.82 Å². The normalized spacial score (nSPS) is 13.0. The summed E-state index contributed by atoms with van der Waals surface area (Å²) in [5.41, 5.74) is 5.30. The van der Waals surface area contributed by atoms with E-state index in [2.05, 4.69) is 33.4 Å². The van der Waals surface area contributed by atoms with Crippen molar-refractivity contribution in [2.75, 3.05) is 30.9 Å². The molecule has 2 aromatic carbocycles. The Kier molecular flexibility index (Phi) is 4.98. The summed E-state index contributed by atoms with van der Waals surface area (Å²) < 4.78 is 0. The highest BCUT2D eigenvalue weighted by molar-refractivity contribution is 5.95. The van der Waals surface area contributed by atoms with Crippen LogP contribution in [0.4, 0.5) is 17.2 Å². The number of carbonyl (C=O) groups is 1. The first kappa shape index (κ1) is 18.0. The summed E-state index contributed by atoms with van der Waals surface area (Å²) in [6.07, 6.45) is 2.58. The smallest absolute Gasteiger partial charge is 0.254 e. The molecule has 5 nitrogen and oxygen atoms in total. The Labute approximate surface area is 165 Å². The number of hydrogen-bond acceptors (Lipinski definition) is 4. The Balaban J connectivity index is 1.48. The van der Waals surface area contributed by atoms with E-state index in [4.69, 9.17) is 0 Å². The van der Waals surface area contributed by atoms with Gasteiger partial charge in [0.2, 0.25) is 0 Å². The molecule has 0 atom stereocenters. The molecule has 0 spiro atoms. The molecular weight excluding hydrogens is 348 g/mol. The summed E-state index contributed by atoms with van der Waals surface area (Å²) in [5, 5.41) is 3.28. The molecule has 0 saturated carbocycles. The molecular formula is C23H24N4O. The third-order valence-corrected chi connectivity index (χ3v) is 5.08. The molecule has 1 aliphatic rings. The summed E-state index contributed by atoms with van der Waals surface area (Å²) >= 11 is 0. The number of fused-ring (bicyclic) bond motifs is 1. The minimum Gasteiger partial charge on any atom is -0.378 e. The summed E-state index contributed by atoms with van der Waals surface area (Å²) in [5.74, 6) is 0.712. The second-order valence-electron chi connectivity index (χ2n) is 7.24. The Morgan fingerprint density at radius 2 is 1.79 bits per heavy atom. The Morgan fingerprint density at radius 1 is 1.04 bits per heavy atom. The van der Waals surface area contributed by atoms with Crippen molar-refractivity contribution in [1.29, 1.82) is 0 Å². The molecule has 0 unspecified atom stereocenters. The first-order valence-corrected chi connectivity index (χ1v) is 9.47. The fourth-order valence-corrected chi connectivity index (χ4v) is 3.47. The lowest BCUT2D eigenvalue weighted by Crippen LogP contribution is -2.35. The third-order valence-electron chi connectivity index (χ3n) is 5.08. The lowest BCUT2D eigenvalue weighted by molar-refractivity contribution is 0.0734. The molecule has 2 heterocycles. The second-order valence-corrected chi connectivity index (χ2v) is 7.24. The van der Waals surface area contributed by atoms with Crippen LogP contribution < -0.4 is 10.2 Å². The van der Waals surface area contributed by atoms with Gasteiger partial charge in [-0.2, -0.15) is 0 Å². The first-order chi connectivity index (χ1) is 13.6. The van der Waals surface area contributed by atoms with Gasteiger partial charge in [-0.1, -0.05) is 24.3 Å². The summed E-state index contributed by atoms with van der Waals surface area (Å²) in [4.78, 5) is 21.3. The lowest BCUT2D eigenvalue weighted by atomic mass is 9.99. The van der Waals surface area contributed by atoms with Crippen LogP contribution in [0.15, 0.2) is 66.9 Å². The van der Waals surface area contributed by atoms with Crippen LogP contribution in [0.5, 0.6) is 0 Å². The van der Waals surface area contributed by atoms with E-state index in [9.17, 15) is 4.79 Å². The maximum absolute atomic E-state index is 13.0. The highest BCUT2D eigenvalue weighted by atomic mass is 16.2. The molecule has 3 aromatic rings. The van der Waals surface area contributed by atoms with Crippen LogP contribution >= 0.6 is 0 Å². The van der Waals surface area contributed by atoms with Crippen LogP contribution in [0.1, 0.15) is 21.5 Å². The largest absolute Gasteiger partial charge is 0.378 e. The predicted molar refractivity (Wildman–Crippen MR) is 113 cm³/mol. The van der Waals surface area contributed by atoms with Crippen LogP contribution in [0.2, 0.25) is 0 Å². The molecule has 0 saturated heterocycles. The highest BCUT2D eigenvalue weighted by Crippen LogP contribution is 2.22. The van der Waals surface area contributed by atoms with Crippen molar-refractivity contribution in [2.24, 2.45) is 0 Å². The molecule has 28 heavy (non-hydrogen) atoms. The van der Waals surface area contributed by atoms with Gasteiger partial charge < -0.3 is 15.1 Å². The van der Waals surface area contributed by atoms with Crippen molar-refractivity contribution in [1.82, 2.24) is 9.88 Å². The Morgan fingerprint density at radius 3 is 2.54 bits per heavy atom. The Bertz CT molecular complexity index is 982. The van der Waals surface area contributed by atoms with Crippen LogP contribution in [0.25, 0.3) is 0 Å². The zero-order valence-electron chi connectivity index (χ0n) is 16.2. The van der Waals surface area contributed by atoms with E-state index in [0.717, 1.165) is 24.3 Å². The molecule has 0 aliphatic carbocycles. The minimum absolute atomic E-state index is 0.0444. The van der Waals surface area contributed by atoms with Crippen molar-refractivity contribution in [3.05, 3.63) is 83.6 Å². The van der Waals surface area contributed by atoms with Crippen LogP contribution in [-0.4, -0.2) is 36.4 Å². The molecule has 142 valence electrons. The van der Waals surface area contributed by atoms with E-state index in [1.54, 1.807) is 12.3 Å². The molecule has 0 radical (unpaired) electrons. The van der Waals surface area contributed by atoms with Gasteiger partial charge in [-0.3, -0.25) is 4.79 Å². The van der Waals surface area contributed by atoms with E-state index in [1.807, 2.05) is 55.4 Å². The van der Waals surface area contributed by atoms with Crippen molar-refractivity contribution in [2.45, 2.75) is 13.0 Å². The number of nitrogens with one attached hydrogen (secondary N) is 1. The van der Waals surface area contributed by atoms with Crippen molar-refractivity contribution >= 4 is 23.1 Å². The fraction of sp³-hybridized carbons (Fsp3) is 0.217. The lowest BCUT2D eigenvalue weighted by Gasteiger charge is -2.29. The zero-order chi connectivity index (χ0) is 19.5. The summed E-state index contributed by atoms with van der Waals surface area (Å²) in [6, 6.07) is 20.0. The highest BCUT2D eigenvalue weighted by Gasteiger charge is 2.21. The fourth-order valence-electron chi connectivity index (χ4n) is 3.47. The minimum atomic E-state index is 0.0444. The zero-order valence-corrected chi connectivity index (χ0v) is 16.2. The molecule has 1 aromatic heterocycles. The number of carbonyl (C=O) groups excluding carboxylic acids is 1. The topological polar surface area (TPSA) is 48.5 Å². The van der Waals surface area contributed by atoms with E-state index < -0.39 is 0 Å². The molecule has 1 aliphatic heterocycles. The summed E-state index contributed by atoms with van der Waals surface area (Å²) in [7, 11) is 4.02. The number of anilines is 3. The number of pyridine rings is 1. The molecule has 1 N–H and O–H groups in total. The number of hydrogen-bond donors (Lipinski definition) is 1. The van der Waals surface area contributed by atoms with Crippen molar-refractivity contribution in [3.8, 4) is 0 Å². The van der Waals surface area contributed by atoms with Gasteiger partial charge in [-0.25, -0.2) is 4.98 Å². The average Bonchev–Trinajstić information content (AvgIpc) is 2.73. The number of benzene rings is 2. The van der Waals surface area contributed by atoms with Crippen LogP contribution in [0, 0.1) is 0 Å². The van der Waals surface area contributed by atoms with E-state index in [0.29, 0.717) is 17.9 Å². The maximum Gasteiger partial charge on any atom is 0.254 e. The van der Waals surface area contributed by atoms with Gasteiger partial charge in [0.05, 0.1) is 0 Å². The van der Waals surface area contributed by atoms with Gasteiger partial charge in [0.15, 0.2) is 0 Å². The second kappa shape index (κ2) is 7.72. The quantitative estimate of drug-likeness (QED) is 0.749. The molecule has 1 amide bonds. The van der Waals surface area contributed by atoms with Gasteiger partial charge in [0.25, 0.3) is 5.91 Å². The number of nitrogens with zero attached hydrogens (tertiary/aromatic N) is 3. The standard InChI is InChI=1S/C23H24N4O/c1-26(2)21-9-7-20(8-10-21)25-22-15-18(11-13-24-22)23(28)27-14-12-17-5-3-4-6-19(17)16-27/h3-11,13,15H,12,14,16H2,1-2H3,(H,24,25). The van der Waals surface area contributed by atoms with Gasteiger partial charge in [-0.05, 0) is 53.9 Å². The molecule has 0 fully saturated rings. The van der Waals surface area contributed by atoms with Crippen molar-refractivity contribution in [3.63, 3.8) is 0 Å². The SMILES string of the molecule is CN(C)c1ccc(Nc2cc(C(=O)N3CCc4ccccc4C3)ccn2)cc1. The van der Waals surface area contributed by atoms with E-state index in [-0.39, 0.29) is 5.91 Å². The van der Waals surface area contributed by atoms with Crippen molar-refractivity contribution < 1.29 is 4.79 Å². The van der Waals surface area contributed by atoms with Gasteiger partial charge >= 0.3 is 0 Å². The first-order valence-electron chi connectivity index (χ1n) is 9.47. The maximum atomic E-state index is 13.0. The average molecular weight is 372 g/mol. The molecule has 4 rings (SSSR count). The van der Waals surface area contributed by atoms with E-state index in [1.165, 1.54) is 11.1 Å². The monoisotopic (exact) mass is 372 g/mol. The van der Waals surface area contributed by atoms with Crippen LogP contribution in [-0.2, 0) is 13.0 Å². The Hall–Kier alpha value is -3.34. The number of rotatable bonds is 4.